The SMILES string of the molecule is Oc1ccc2nc(C3CCSC3)cn2c1. The van der Waals surface area contributed by atoms with E-state index in [2.05, 4.69) is 4.98 Å². The highest BCUT2D eigenvalue weighted by Gasteiger charge is 2.20. The van der Waals surface area contributed by atoms with E-state index in [0.29, 0.717) is 5.92 Å². The van der Waals surface area contributed by atoms with E-state index in [9.17, 15) is 5.11 Å². The van der Waals surface area contributed by atoms with Gasteiger partial charge in [0.25, 0.3) is 0 Å². The second-order valence-corrected chi connectivity index (χ2v) is 5.03. The summed E-state index contributed by atoms with van der Waals surface area (Å²) in [5.74, 6) is 3.30. The van der Waals surface area contributed by atoms with Crippen molar-refractivity contribution >= 4 is 17.4 Å². The predicted octanol–water partition coefficient (Wildman–Crippen LogP) is 2.26. The van der Waals surface area contributed by atoms with Crippen LogP contribution in [0.5, 0.6) is 5.75 Å². The first-order chi connectivity index (χ1) is 7.33. The Labute approximate surface area is 92.1 Å². The Morgan fingerprint density at radius 1 is 1.40 bits per heavy atom. The summed E-state index contributed by atoms with van der Waals surface area (Å²) < 4.78 is 1.90. The van der Waals surface area contributed by atoms with Gasteiger partial charge in [-0.1, -0.05) is 0 Å². The Balaban J connectivity index is 2.05. The lowest BCUT2D eigenvalue weighted by molar-refractivity contribution is 0.472. The maximum atomic E-state index is 9.35. The van der Waals surface area contributed by atoms with E-state index < -0.39 is 0 Å². The van der Waals surface area contributed by atoms with Crippen molar-refractivity contribution < 1.29 is 5.11 Å². The molecule has 78 valence electrons. The lowest BCUT2D eigenvalue weighted by atomic mass is 10.1. The average molecular weight is 220 g/mol. The third-order valence-electron chi connectivity index (χ3n) is 2.80. The number of hydrogen-bond donors (Lipinski definition) is 1. The quantitative estimate of drug-likeness (QED) is 0.801. The van der Waals surface area contributed by atoms with Crippen molar-refractivity contribution in [2.45, 2.75) is 12.3 Å². The van der Waals surface area contributed by atoms with Gasteiger partial charge < -0.3 is 9.51 Å². The lowest BCUT2D eigenvalue weighted by Crippen LogP contribution is -1.95. The molecule has 1 aliphatic heterocycles. The van der Waals surface area contributed by atoms with Crippen LogP contribution in [0.4, 0.5) is 0 Å². The minimum Gasteiger partial charge on any atom is -0.506 e. The molecule has 4 heteroatoms. The van der Waals surface area contributed by atoms with Gasteiger partial charge in [0.1, 0.15) is 11.4 Å². The zero-order chi connectivity index (χ0) is 10.3. The van der Waals surface area contributed by atoms with E-state index in [0.717, 1.165) is 11.3 Å². The standard InChI is InChI=1S/C11H12N2OS/c14-9-1-2-11-12-10(6-13(11)5-9)8-3-4-15-7-8/h1-2,5-6,8,14H,3-4,7H2. The Kier molecular flexibility index (Phi) is 2.09. The summed E-state index contributed by atoms with van der Waals surface area (Å²) in [6.45, 7) is 0. The van der Waals surface area contributed by atoms with E-state index in [-0.39, 0.29) is 5.75 Å². The summed E-state index contributed by atoms with van der Waals surface area (Å²) in [7, 11) is 0. The van der Waals surface area contributed by atoms with Gasteiger partial charge in [-0.15, -0.1) is 0 Å². The van der Waals surface area contributed by atoms with Gasteiger partial charge in [-0.3, -0.25) is 0 Å². The second kappa shape index (κ2) is 3.45. The van der Waals surface area contributed by atoms with Crippen LogP contribution < -0.4 is 0 Å². The zero-order valence-electron chi connectivity index (χ0n) is 8.26. The fourth-order valence-electron chi connectivity index (χ4n) is 1.96. The Bertz CT molecular complexity index is 488. The highest BCUT2D eigenvalue weighted by atomic mass is 32.2. The predicted molar refractivity (Wildman–Crippen MR) is 61.5 cm³/mol. The minimum atomic E-state index is 0.284. The number of aromatic hydroxyl groups is 1. The molecule has 15 heavy (non-hydrogen) atoms. The molecule has 0 radical (unpaired) electrons. The molecule has 0 aromatic carbocycles. The van der Waals surface area contributed by atoms with Crippen LogP contribution in [-0.2, 0) is 0 Å². The van der Waals surface area contributed by atoms with Crippen LogP contribution in [0.15, 0.2) is 24.5 Å². The van der Waals surface area contributed by atoms with Gasteiger partial charge in [0.05, 0.1) is 11.9 Å². The molecule has 1 fully saturated rings. The second-order valence-electron chi connectivity index (χ2n) is 3.88. The molecule has 2 aromatic rings. The Morgan fingerprint density at radius 2 is 2.33 bits per heavy atom. The summed E-state index contributed by atoms with van der Waals surface area (Å²) >= 11 is 1.99. The Hall–Kier alpha value is -1.16. The molecule has 3 nitrogen and oxygen atoms in total. The van der Waals surface area contributed by atoms with Gasteiger partial charge in [0, 0.05) is 17.9 Å². The number of nitrogens with zero attached hydrogens (tertiary/aromatic N) is 2. The molecule has 0 spiro atoms. The highest BCUT2D eigenvalue weighted by Crippen LogP contribution is 2.31. The van der Waals surface area contributed by atoms with Crippen molar-refractivity contribution in [1.29, 1.82) is 0 Å². The monoisotopic (exact) mass is 220 g/mol. The summed E-state index contributed by atoms with van der Waals surface area (Å²) in [4.78, 5) is 4.57. The normalized spacial score (nSPS) is 21.2. The van der Waals surface area contributed by atoms with E-state index in [1.54, 1.807) is 12.3 Å². The molecular weight excluding hydrogens is 208 g/mol. The van der Waals surface area contributed by atoms with Crippen LogP contribution in [0.1, 0.15) is 18.0 Å². The molecule has 2 aromatic heterocycles. The van der Waals surface area contributed by atoms with Crippen LogP contribution >= 0.6 is 11.8 Å². The van der Waals surface area contributed by atoms with E-state index in [1.807, 2.05) is 28.4 Å². The molecule has 1 aliphatic rings. The first-order valence-corrected chi connectivity index (χ1v) is 6.24. The highest BCUT2D eigenvalue weighted by molar-refractivity contribution is 7.99. The summed E-state index contributed by atoms with van der Waals surface area (Å²) in [5.41, 5.74) is 2.07. The summed E-state index contributed by atoms with van der Waals surface area (Å²) in [6, 6.07) is 3.52. The van der Waals surface area contributed by atoms with Crippen LogP contribution in [0, 0.1) is 0 Å². The van der Waals surface area contributed by atoms with Crippen molar-refractivity contribution in [3.05, 3.63) is 30.2 Å². The van der Waals surface area contributed by atoms with Gasteiger partial charge in [-0.2, -0.15) is 11.8 Å². The topological polar surface area (TPSA) is 37.5 Å². The molecule has 0 amide bonds. The number of rotatable bonds is 1. The van der Waals surface area contributed by atoms with Crippen LogP contribution in [0.3, 0.4) is 0 Å². The maximum Gasteiger partial charge on any atom is 0.137 e. The molecular formula is C11H12N2OS. The van der Waals surface area contributed by atoms with Crippen LogP contribution in [0.25, 0.3) is 5.65 Å². The minimum absolute atomic E-state index is 0.284. The molecule has 1 N–H and O–H groups in total. The number of fused-ring (bicyclic) bond motifs is 1. The van der Waals surface area contributed by atoms with Crippen molar-refractivity contribution in [2.75, 3.05) is 11.5 Å². The van der Waals surface area contributed by atoms with E-state index >= 15 is 0 Å². The van der Waals surface area contributed by atoms with Crippen LogP contribution in [0.2, 0.25) is 0 Å². The first-order valence-electron chi connectivity index (χ1n) is 5.08. The molecule has 0 aliphatic carbocycles. The molecule has 3 heterocycles. The largest absolute Gasteiger partial charge is 0.506 e. The van der Waals surface area contributed by atoms with Gasteiger partial charge in [-0.25, -0.2) is 4.98 Å². The lowest BCUT2D eigenvalue weighted by Gasteiger charge is -2.01. The average Bonchev–Trinajstić information content (AvgIpc) is 2.84. The molecule has 1 atom stereocenters. The molecule has 1 unspecified atom stereocenters. The van der Waals surface area contributed by atoms with Crippen molar-refractivity contribution in [3.63, 3.8) is 0 Å². The van der Waals surface area contributed by atoms with Crippen LogP contribution in [-0.4, -0.2) is 26.0 Å². The van der Waals surface area contributed by atoms with Crippen molar-refractivity contribution in [3.8, 4) is 5.75 Å². The van der Waals surface area contributed by atoms with Crippen molar-refractivity contribution in [2.24, 2.45) is 0 Å². The smallest absolute Gasteiger partial charge is 0.137 e. The maximum absolute atomic E-state index is 9.35. The third kappa shape index (κ3) is 1.59. The van der Waals surface area contributed by atoms with Gasteiger partial charge in [-0.05, 0) is 24.3 Å². The first kappa shape index (κ1) is 9.09. The van der Waals surface area contributed by atoms with Gasteiger partial charge >= 0.3 is 0 Å². The zero-order valence-corrected chi connectivity index (χ0v) is 9.07. The fourth-order valence-corrected chi connectivity index (χ4v) is 3.20. The fraction of sp³-hybridized carbons (Fsp3) is 0.364. The van der Waals surface area contributed by atoms with E-state index in [1.165, 1.54) is 17.9 Å². The molecule has 0 saturated carbocycles. The van der Waals surface area contributed by atoms with Gasteiger partial charge in [0.15, 0.2) is 0 Å². The number of imidazole rings is 1. The third-order valence-corrected chi connectivity index (χ3v) is 3.96. The molecule has 0 bridgehead atoms. The van der Waals surface area contributed by atoms with E-state index in [4.69, 9.17) is 0 Å². The Morgan fingerprint density at radius 3 is 3.13 bits per heavy atom. The summed E-state index contributed by atoms with van der Waals surface area (Å²) in [6.07, 6.45) is 4.96. The number of pyridine rings is 1. The number of aromatic nitrogens is 2. The van der Waals surface area contributed by atoms with Gasteiger partial charge in [0.2, 0.25) is 0 Å². The summed E-state index contributed by atoms with van der Waals surface area (Å²) in [5, 5.41) is 9.35. The number of hydrogen-bond acceptors (Lipinski definition) is 3. The molecule has 1 saturated heterocycles. The number of thioether (sulfide) groups is 1. The molecule has 3 rings (SSSR count). The van der Waals surface area contributed by atoms with Crippen molar-refractivity contribution in [1.82, 2.24) is 9.38 Å².